The van der Waals surface area contributed by atoms with E-state index in [1.165, 1.54) is 5.56 Å². The molecule has 2 aromatic rings. The zero-order chi connectivity index (χ0) is 15.4. The molecule has 0 saturated carbocycles. The first-order valence-corrected chi connectivity index (χ1v) is 7.08. The Morgan fingerprint density at radius 1 is 1.19 bits per heavy atom. The van der Waals surface area contributed by atoms with Crippen molar-refractivity contribution in [2.24, 2.45) is 5.73 Å². The molecule has 112 valence electrons. The lowest BCUT2D eigenvalue weighted by Crippen LogP contribution is -2.28. The van der Waals surface area contributed by atoms with Crippen molar-refractivity contribution < 1.29 is 4.74 Å². The summed E-state index contributed by atoms with van der Waals surface area (Å²) in [5, 5.41) is 0. The SMILES string of the molecule is COCCn1c(-c2ccc(C)cc2C)ccc(CN)c1=O. The molecule has 0 amide bonds. The Balaban J connectivity index is 2.61. The summed E-state index contributed by atoms with van der Waals surface area (Å²) < 4.78 is 6.88. The Morgan fingerprint density at radius 3 is 2.57 bits per heavy atom. The van der Waals surface area contributed by atoms with Gasteiger partial charge in [0.25, 0.3) is 5.56 Å². The molecular formula is C17H22N2O2. The van der Waals surface area contributed by atoms with Gasteiger partial charge in [0.2, 0.25) is 0 Å². The number of hydrogen-bond donors (Lipinski definition) is 1. The summed E-state index contributed by atoms with van der Waals surface area (Å²) in [6.07, 6.45) is 0. The molecule has 0 unspecified atom stereocenters. The van der Waals surface area contributed by atoms with E-state index in [2.05, 4.69) is 32.0 Å². The number of rotatable bonds is 5. The average Bonchev–Trinajstić information content (AvgIpc) is 2.46. The molecule has 0 saturated heterocycles. The predicted octanol–water partition coefficient (Wildman–Crippen LogP) is 2.24. The van der Waals surface area contributed by atoms with Crippen molar-refractivity contribution in [2.75, 3.05) is 13.7 Å². The Bertz CT molecular complexity index is 690. The maximum Gasteiger partial charge on any atom is 0.255 e. The largest absolute Gasteiger partial charge is 0.383 e. The number of aromatic nitrogens is 1. The van der Waals surface area contributed by atoms with Crippen molar-refractivity contribution in [2.45, 2.75) is 26.9 Å². The summed E-state index contributed by atoms with van der Waals surface area (Å²) in [4.78, 5) is 12.5. The van der Waals surface area contributed by atoms with Gasteiger partial charge < -0.3 is 15.0 Å². The van der Waals surface area contributed by atoms with Gasteiger partial charge in [-0.1, -0.05) is 29.8 Å². The maximum atomic E-state index is 12.5. The molecule has 0 fully saturated rings. The van der Waals surface area contributed by atoms with Gasteiger partial charge in [0.05, 0.1) is 12.3 Å². The van der Waals surface area contributed by atoms with Gasteiger partial charge in [-0.3, -0.25) is 4.79 Å². The highest BCUT2D eigenvalue weighted by atomic mass is 16.5. The van der Waals surface area contributed by atoms with Gasteiger partial charge in [-0.05, 0) is 25.5 Å². The van der Waals surface area contributed by atoms with Crippen molar-refractivity contribution in [1.82, 2.24) is 4.57 Å². The second-order valence-corrected chi connectivity index (χ2v) is 5.22. The predicted molar refractivity (Wildman–Crippen MR) is 85.4 cm³/mol. The molecule has 1 heterocycles. The molecule has 2 rings (SSSR count). The van der Waals surface area contributed by atoms with Crippen LogP contribution in [0.5, 0.6) is 0 Å². The minimum Gasteiger partial charge on any atom is -0.383 e. The topological polar surface area (TPSA) is 57.2 Å². The van der Waals surface area contributed by atoms with Crippen LogP contribution >= 0.6 is 0 Å². The number of ether oxygens (including phenoxy) is 1. The van der Waals surface area contributed by atoms with E-state index >= 15 is 0 Å². The number of hydrogen-bond acceptors (Lipinski definition) is 3. The number of aryl methyl sites for hydroxylation is 2. The summed E-state index contributed by atoms with van der Waals surface area (Å²) in [5.41, 5.74) is 10.6. The minimum atomic E-state index is -0.0352. The van der Waals surface area contributed by atoms with E-state index < -0.39 is 0 Å². The molecule has 1 aromatic carbocycles. The normalized spacial score (nSPS) is 10.9. The molecule has 1 aromatic heterocycles. The number of benzene rings is 1. The van der Waals surface area contributed by atoms with Gasteiger partial charge in [-0.2, -0.15) is 0 Å². The van der Waals surface area contributed by atoms with E-state index in [9.17, 15) is 4.79 Å². The van der Waals surface area contributed by atoms with Crippen molar-refractivity contribution in [3.63, 3.8) is 0 Å². The first kappa shape index (κ1) is 15.5. The monoisotopic (exact) mass is 286 g/mol. The summed E-state index contributed by atoms with van der Waals surface area (Å²) in [5.74, 6) is 0. The number of nitrogens with zero attached hydrogens (tertiary/aromatic N) is 1. The van der Waals surface area contributed by atoms with Crippen LogP contribution in [0.15, 0.2) is 35.1 Å². The molecule has 0 bridgehead atoms. The van der Waals surface area contributed by atoms with Gasteiger partial charge in [-0.25, -0.2) is 0 Å². The standard InChI is InChI=1S/C17H22N2O2/c1-12-4-6-15(13(2)10-12)16-7-5-14(11-18)17(20)19(16)8-9-21-3/h4-7,10H,8-9,11,18H2,1-3H3. The summed E-state index contributed by atoms with van der Waals surface area (Å²) >= 11 is 0. The first-order valence-electron chi connectivity index (χ1n) is 7.08. The first-order chi connectivity index (χ1) is 10.1. The Hall–Kier alpha value is -1.91. The van der Waals surface area contributed by atoms with E-state index in [1.54, 1.807) is 11.7 Å². The molecule has 0 spiro atoms. The van der Waals surface area contributed by atoms with Crippen LogP contribution in [-0.4, -0.2) is 18.3 Å². The molecule has 0 aliphatic heterocycles. The van der Waals surface area contributed by atoms with Crippen LogP contribution in [0.1, 0.15) is 16.7 Å². The number of methoxy groups -OCH3 is 1. The fourth-order valence-electron chi connectivity index (χ4n) is 2.52. The molecule has 0 aliphatic carbocycles. The van der Waals surface area contributed by atoms with E-state index in [-0.39, 0.29) is 12.1 Å². The second-order valence-electron chi connectivity index (χ2n) is 5.22. The van der Waals surface area contributed by atoms with E-state index in [1.807, 2.05) is 12.1 Å². The molecule has 21 heavy (non-hydrogen) atoms. The third kappa shape index (κ3) is 3.23. The van der Waals surface area contributed by atoms with E-state index in [4.69, 9.17) is 10.5 Å². The van der Waals surface area contributed by atoms with E-state index in [0.29, 0.717) is 18.7 Å². The van der Waals surface area contributed by atoms with Crippen molar-refractivity contribution in [1.29, 1.82) is 0 Å². The van der Waals surface area contributed by atoms with Crippen molar-refractivity contribution >= 4 is 0 Å². The summed E-state index contributed by atoms with van der Waals surface area (Å²) in [6.45, 7) is 5.38. The van der Waals surface area contributed by atoms with Gasteiger partial charge in [0, 0.05) is 31.3 Å². The third-order valence-electron chi connectivity index (χ3n) is 3.65. The Labute approximate surface area is 125 Å². The lowest BCUT2D eigenvalue weighted by molar-refractivity contribution is 0.186. The Morgan fingerprint density at radius 2 is 1.95 bits per heavy atom. The van der Waals surface area contributed by atoms with Crippen LogP contribution in [0.4, 0.5) is 0 Å². The van der Waals surface area contributed by atoms with Crippen molar-refractivity contribution in [3.8, 4) is 11.3 Å². The van der Waals surface area contributed by atoms with Gasteiger partial charge in [0.15, 0.2) is 0 Å². The third-order valence-corrected chi connectivity index (χ3v) is 3.65. The number of pyridine rings is 1. The van der Waals surface area contributed by atoms with Gasteiger partial charge in [0.1, 0.15) is 0 Å². The molecular weight excluding hydrogens is 264 g/mol. The van der Waals surface area contributed by atoms with Crippen LogP contribution in [0.25, 0.3) is 11.3 Å². The lowest BCUT2D eigenvalue weighted by atomic mass is 10.0. The molecule has 4 heteroatoms. The van der Waals surface area contributed by atoms with Crippen LogP contribution in [-0.2, 0) is 17.8 Å². The lowest BCUT2D eigenvalue weighted by Gasteiger charge is -2.16. The fourth-order valence-corrected chi connectivity index (χ4v) is 2.52. The highest BCUT2D eigenvalue weighted by molar-refractivity contribution is 5.64. The highest BCUT2D eigenvalue weighted by Crippen LogP contribution is 2.23. The molecule has 0 aliphatic rings. The summed E-state index contributed by atoms with van der Waals surface area (Å²) in [6, 6.07) is 10.0. The zero-order valence-electron chi connectivity index (χ0n) is 12.8. The molecule has 4 nitrogen and oxygen atoms in total. The minimum absolute atomic E-state index is 0.0352. The molecule has 0 radical (unpaired) electrons. The fraction of sp³-hybridized carbons (Fsp3) is 0.353. The van der Waals surface area contributed by atoms with Crippen LogP contribution in [0.2, 0.25) is 0 Å². The van der Waals surface area contributed by atoms with Crippen molar-refractivity contribution in [3.05, 3.63) is 57.4 Å². The molecule has 2 N–H and O–H groups in total. The van der Waals surface area contributed by atoms with Gasteiger partial charge >= 0.3 is 0 Å². The maximum absolute atomic E-state index is 12.5. The van der Waals surface area contributed by atoms with E-state index in [0.717, 1.165) is 16.8 Å². The smallest absolute Gasteiger partial charge is 0.255 e. The van der Waals surface area contributed by atoms with Crippen LogP contribution in [0, 0.1) is 13.8 Å². The van der Waals surface area contributed by atoms with Gasteiger partial charge in [-0.15, -0.1) is 0 Å². The van der Waals surface area contributed by atoms with Crippen LogP contribution < -0.4 is 11.3 Å². The molecule has 0 atom stereocenters. The second kappa shape index (κ2) is 6.70. The average molecular weight is 286 g/mol. The zero-order valence-corrected chi connectivity index (χ0v) is 12.8. The summed E-state index contributed by atoms with van der Waals surface area (Å²) in [7, 11) is 1.63. The van der Waals surface area contributed by atoms with Crippen LogP contribution in [0.3, 0.4) is 0 Å². The number of nitrogens with two attached hydrogens (primary N) is 1. The Kier molecular flexibility index (Phi) is 4.94. The highest BCUT2D eigenvalue weighted by Gasteiger charge is 2.11. The quantitative estimate of drug-likeness (QED) is 0.917.